The lowest BCUT2D eigenvalue weighted by atomic mass is 10.1. The number of pyridine rings is 1. The van der Waals surface area contributed by atoms with Crippen molar-refractivity contribution in [2.45, 2.75) is 32.6 Å². The molecule has 0 amide bonds. The first kappa shape index (κ1) is 7.59. The van der Waals surface area contributed by atoms with Gasteiger partial charge >= 0.3 is 0 Å². The van der Waals surface area contributed by atoms with Crippen molar-refractivity contribution in [1.29, 1.82) is 0 Å². The van der Waals surface area contributed by atoms with Gasteiger partial charge in [-0.2, -0.15) is 0 Å². The highest BCUT2D eigenvalue weighted by molar-refractivity contribution is 5.51. The summed E-state index contributed by atoms with van der Waals surface area (Å²) in [4.78, 5) is 4.38. The molecule has 1 aliphatic rings. The molecule has 1 aromatic heterocycles. The van der Waals surface area contributed by atoms with Crippen LogP contribution in [0, 0.1) is 6.92 Å². The third-order valence-electron chi connectivity index (χ3n) is 2.83. The first-order chi connectivity index (χ1) is 5.70. The fraction of sp³-hybridized carbons (Fsp3) is 0.500. The van der Waals surface area contributed by atoms with Gasteiger partial charge in [-0.05, 0) is 36.8 Å². The van der Waals surface area contributed by atoms with Gasteiger partial charge in [0.1, 0.15) is 0 Å². The van der Waals surface area contributed by atoms with E-state index in [0.717, 1.165) is 12.1 Å². The molecule has 2 N–H and O–H groups in total. The largest absolute Gasteiger partial charge is 0.397 e. The molecule has 0 aromatic carbocycles. The molecule has 0 fully saturated rings. The molecule has 0 saturated heterocycles. The summed E-state index contributed by atoms with van der Waals surface area (Å²) in [6, 6.07) is 0. The van der Waals surface area contributed by atoms with Gasteiger partial charge in [-0.3, -0.25) is 4.98 Å². The van der Waals surface area contributed by atoms with E-state index in [0.29, 0.717) is 5.92 Å². The third kappa shape index (κ3) is 0.909. The Morgan fingerprint density at radius 3 is 3.08 bits per heavy atom. The van der Waals surface area contributed by atoms with Crippen LogP contribution in [0.3, 0.4) is 0 Å². The van der Waals surface area contributed by atoms with E-state index in [4.69, 9.17) is 5.73 Å². The Kier molecular flexibility index (Phi) is 1.56. The molecule has 0 aliphatic heterocycles. The number of nitrogens with two attached hydrogens (primary N) is 1. The second-order valence-corrected chi connectivity index (χ2v) is 3.64. The number of aromatic nitrogens is 1. The summed E-state index contributed by atoms with van der Waals surface area (Å²) in [7, 11) is 0. The van der Waals surface area contributed by atoms with Crippen LogP contribution in [0.25, 0.3) is 0 Å². The molecule has 0 bridgehead atoms. The van der Waals surface area contributed by atoms with E-state index in [-0.39, 0.29) is 0 Å². The fourth-order valence-electron chi connectivity index (χ4n) is 1.92. The van der Waals surface area contributed by atoms with Gasteiger partial charge in [-0.1, -0.05) is 6.92 Å². The summed E-state index contributed by atoms with van der Waals surface area (Å²) in [6.07, 6.45) is 4.17. The van der Waals surface area contributed by atoms with E-state index in [1.165, 1.54) is 23.2 Å². The Labute approximate surface area is 72.8 Å². The van der Waals surface area contributed by atoms with E-state index in [1.807, 2.05) is 0 Å². The van der Waals surface area contributed by atoms with Crippen molar-refractivity contribution in [2.24, 2.45) is 0 Å². The van der Waals surface area contributed by atoms with Crippen LogP contribution in [-0.4, -0.2) is 4.98 Å². The summed E-state index contributed by atoms with van der Waals surface area (Å²) in [5.41, 5.74) is 10.5. The number of nitrogens with zero attached hydrogens (tertiary/aromatic N) is 1. The van der Waals surface area contributed by atoms with E-state index in [9.17, 15) is 0 Å². The van der Waals surface area contributed by atoms with E-state index in [2.05, 4.69) is 18.8 Å². The normalized spacial score (nSPS) is 21.0. The zero-order valence-electron chi connectivity index (χ0n) is 7.59. The second-order valence-electron chi connectivity index (χ2n) is 3.64. The molecule has 1 unspecified atom stereocenters. The molecular formula is C10H14N2. The van der Waals surface area contributed by atoms with E-state index in [1.54, 1.807) is 6.20 Å². The van der Waals surface area contributed by atoms with Crippen LogP contribution in [0.4, 0.5) is 5.69 Å². The van der Waals surface area contributed by atoms with Crippen molar-refractivity contribution in [3.8, 4) is 0 Å². The van der Waals surface area contributed by atoms with Crippen molar-refractivity contribution in [3.63, 3.8) is 0 Å². The van der Waals surface area contributed by atoms with Gasteiger partial charge in [-0.25, -0.2) is 0 Å². The minimum Gasteiger partial charge on any atom is -0.397 e. The Balaban J connectivity index is 2.60. The number of anilines is 1. The maximum atomic E-state index is 5.78. The highest BCUT2D eigenvalue weighted by Gasteiger charge is 2.22. The summed E-state index contributed by atoms with van der Waals surface area (Å²) in [5, 5.41) is 0. The predicted molar refractivity (Wildman–Crippen MR) is 50.1 cm³/mol. The highest BCUT2D eigenvalue weighted by atomic mass is 14.7. The number of nitrogen functional groups attached to an aromatic ring is 1. The van der Waals surface area contributed by atoms with Crippen LogP contribution < -0.4 is 5.73 Å². The quantitative estimate of drug-likeness (QED) is 0.634. The van der Waals surface area contributed by atoms with Crippen molar-refractivity contribution in [3.05, 3.63) is 23.0 Å². The number of hydrogen-bond acceptors (Lipinski definition) is 2. The van der Waals surface area contributed by atoms with E-state index < -0.39 is 0 Å². The number of fused-ring (bicyclic) bond motifs is 1. The van der Waals surface area contributed by atoms with E-state index >= 15 is 0 Å². The third-order valence-corrected chi connectivity index (χ3v) is 2.83. The van der Waals surface area contributed by atoms with Gasteiger partial charge in [0.2, 0.25) is 0 Å². The lowest BCUT2D eigenvalue weighted by molar-refractivity contribution is 0.731. The summed E-state index contributed by atoms with van der Waals surface area (Å²) >= 11 is 0. The lowest BCUT2D eigenvalue weighted by Gasteiger charge is -2.07. The lowest BCUT2D eigenvalue weighted by Crippen LogP contribution is -1.99. The first-order valence-electron chi connectivity index (χ1n) is 4.44. The van der Waals surface area contributed by atoms with Crippen LogP contribution in [0.15, 0.2) is 6.20 Å². The molecule has 12 heavy (non-hydrogen) atoms. The Hall–Kier alpha value is -1.05. The van der Waals surface area contributed by atoms with Crippen LogP contribution in [0.2, 0.25) is 0 Å². The minimum atomic E-state index is 0.624. The molecule has 1 heterocycles. The van der Waals surface area contributed by atoms with Crippen LogP contribution in [-0.2, 0) is 6.42 Å². The first-order valence-corrected chi connectivity index (χ1v) is 4.44. The molecular weight excluding hydrogens is 148 g/mol. The molecule has 1 aliphatic carbocycles. The minimum absolute atomic E-state index is 0.624. The van der Waals surface area contributed by atoms with Gasteiger partial charge in [0.15, 0.2) is 0 Å². The van der Waals surface area contributed by atoms with Gasteiger partial charge in [0.25, 0.3) is 0 Å². The predicted octanol–water partition coefficient (Wildman–Crippen LogP) is 2.02. The van der Waals surface area contributed by atoms with Gasteiger partial charge in [0, 0.05) is 5.69 Å². The second kappa shape index (κ2) is 2.47. The maximum absolute atomic E-state index is 5.78. The van der Waals surface area contributed by atoms with Crippen LogP contribution in [0.1, 0.15) is 36.1 Å². The average molecular weight is 162 g/mol. The molecule has 64 valence electrons. The molecule has 1 aromatic rings. The Morgan fingerprint density at radius 1 is 1.58 bits per heavy atom. The summed E-state index contributed by atoms with van der Waals surface area (Å²) in [6.45, 7) is 4.32. The average Bonchev–Trinajstić information content (AvgIpc) is 2.41. The van der Waals surface area contributed by atoms with Crippen molar-refractivity contribution >= 4 is 5.69 Å². The Morgan fingerprint density at radius 2 is 2.33 bits per heavy atom. The van der Waals surface area contributed by atoms with Crippen LogP contribution >= 0.6 is 0 Å². The summed E-state index contributed by atoms with van der Waals surface area (Å²) in [5.74, 6) is 0.624. The topological polar surface area (TPSA) is 38.9 Å². The zero-order chi connectivity index (χ0) is 8.72. The smallest absolute Gasteiger partial charge is 0.0533 e. The van der Waals surface area contributed by atoms with Crippen molar-refractivity contribution in [2.75, 3.05) is 5.73 Å². The molecule has 2 heteroatoms. The monoisotopic (exact) mass is 162 g/mol. The molecule has 0 radical (unpaired) electrons. The zero-order valence-corrected chi connectivity index (χ0v) is 7.59. The number of hydrogen-bond donors (Lipinski definition) is 1. The molecule has 1 atom stereocenters. The van der Waals surface area contributed by atoms with Gasteiger partial charge in [-0.15, -0.1) is 0 Å². The maximum Gasteiger partial charge on any atom is 0.0533 e. The standard InChI is InChI=1S/C10H14N2/c1-6-3-4-8-7(2)9(11)5-12-10(6)8/h5-6H,3-4,11H2,1-2H3. The molecule has 0 spiro atoms. The highest BCUT2D eigenvalue weighted by Crippen LogP contribution is 2.34. The van der Waals surface area contributed by atoms with Gasteiger partial charge < -0.3 is 5.73 Å². The summed E-state index contributed by atoms with van der Waals surface area (Å²) < 4.78 is 0. The molecule has 2 nitrogen and oxygen atoms in total. The SMILES string of the molecule is Cc1c(N)cnc2c1CCC2C. The van der Waals surface area contributed by atoms with Crippen molar-refractivity contribution in [1.82, 2.24) is 4.98 Å². The van der Waals surface area contributed by atoms with Crippen LogP contribution in [0.5, 0.6) is 0 Å². The molecule has 2 rings (SSSR count). The van der Waals surface area contributed by atoms with Crippen molar-refractivity contribution < 1.29 is 0 Å². The Bertz CT molecular complexity index is 318. The molecule has 0 saturated carbocycles. The van der Waals surface area contributed by atoms with Gasteiger partial charge in [0.05, 0.1) is 11.9 Å². The fourth-order valence-corrected chi connectivity index (χ4v) is 1.92. The number of rotatable bonds is 0.